The van der Waals surface area contributed by atoms with Gasteiger partial charge in [-0.2, -0.15) is 4.31 Å². The van der Waals surface area contributed by atoms with Gasteiger partial charge < -0.3 is 15.5 Å². The normalized spacial score (nSPS) is 14.7. The van der Waals surface area contributed by atoms with Crippen LogP contribution in [0.1, 0.15) is 43.4 Å². The van der Waals surface area contributed by atoms with Crippen molar-refractivity contribution in [2.45, 2.75) is 62.5 Å². The lowest BCUT2D eigenvalue weighted by Gasteiger charge is -2.31. The minimum atomic E-state index is -3.99. The summed E-state index contributed by atoms with van der Waals surface area (Å²) in [5.74, 6) is -1.00. The van der Waals surface area contributed by atoms with Gasteiger partial charge in [0.05, 0.1) is 11.0 Å². The zero-order valence-corrected chi connectivity index (χ0v) is 25.7. The van der Waals surface area contributed by atoms with Crippen LogP contribution in [0.15, 0.2) is 65.6 Å². The van der Waals surface area contributed by atoms with E-state index in [9.17, 15) is 22.7 Å². The number of carbonyl (C=O) groups is 1. The Hall–Kier alpha value is -2.82. The molecular formula is C32H38ClFN2O5S. The summed E-state index contributed by atoms with van der Waals surface area (Å²) >= 11 is 6.43. The lowest BCUT2D eigenvalue weighted by molar-refractivity contribution is -0.136. The van der Waals surface area contributed by atoms with Crippen molar-refractivity contribution in [2.75, 3.05) is 20.1 Å². The number of carboxylic acid groups (broad SMARTS) is 1. The Morgan fingerprint density at radius 2 is 1.76 bits per heavy atom. The molecule has 42 heavy (non-hydrogen) atoms. The van der Waals surface area contributed by atoms with Crippen molar-refractivity contribution in [3.8, 4) is 11.1 Å². The number of aliphatic carboxylic acids is 1. The Balaban J connectivity index is 1.36. The van der Waals surface area contributed by atoms with Gasteiger partial charge in [0.2, 0.25) is 10.0 Å². The molecular weight excluding hydrogens is 579 g/mol. The number of likely N-dealkylation sites (N-methyl/N-ethyl adjacent to an activating group) is 1. The summed E-state index contributed by atoms with van der Waals surface area (Å²) in [4.78, 5) is 10.8. The zero-order chi connectivity index (χ0) is 30.7. The van der Waals surface area contributed by atoms with E-state index in [1.807, 2.05) is 0 Å². The third kappa shape index (κ3) is 7.96. The van der Waals surface area contributed by atoms with E-state index in [1.165, 1.54) is 54.6 Å². The Morgan fingerprint density at radius 3 is 2.38 bits per heavy atom. The van der Waals surface area contributed by atoms with Gasteiger partial charge in [-0.3, -0.25) is 4.79 Å². The first-order valence-electron chi connectivity index (χ1n) is 14.0. The molecule has 1 unspecified atom stereocenters. The molecule has 0 heterocycles. The number of halogens is 2. The van der Waals surface area contributed by atoms with Crippen LogP contribution in [0.4, 0.5) is 4.39 Å². The number of nitrogens with zero attached hydrogens (tertiary/aromatic N) is 1. The van der Waals surface area contributed by atoms with Gasteiger partial charge in [-0.05, 0) is 86.4 Å². The van der Waals surface area contributed by atoms with Gasteiger partial charge in [0.1, 0.15) is 5.82 Å². The second-order valence-corrected chi connectivity index (χ2v) is 14.3. The van der Waals surface area contributed by atoms with Crippen LogP contribution in [0, 0.1) is 11.7 Å². The molecule has 0 spiro atoms. The van der Waals surface area contributed by atoms with Crippen molar-refractivity contribution in [3.63, 3.8) is 0 Å². The monoisotopic (exact) mass is 616 g/mol. The average molecular weight is 617 g/mol. The van der Waals surface area contributed by atoms with Crippen molar-refractivity contribution >= 4 is 27.6 Å². The number of aryl methyl sites for hydroxylation is 1. The molecule has 7 nitrogen and oxygen atoms in total. The number of fused-ring (bicyclic) bond motifs is 1. The number of benzene rings is 3. The highest BCUT2D eigenvalue weighted by Crippen LogP contribution is 2.34. The SMILES string of the molecule is CN(CC(O)CNC(C)(C)CC1Cc2ccccc2C1)S(=O)(=O)c1ccc(-c2cc(CCC(=O)O)ccc2F)c(Cl)c1. The second-order valence-electron chi connectivity index (χ2n) is 11.8. The predicted molar refractivity (Wildman–Crippen MR) is 163 cm³/mol. The van der Waals surface area contributed by atoms with Gasteiger partial charge >= 0.3 is 5.97 Å². The van der Waals surface area contributed by atoms with E-state index >= 15 is 0 Å². The first-order chi connectivity index (χ1) is 19.7. The summed E-state index contributed by atoms with van der Waals surface area (Å²) in [7, 11) is -2.60. The topological polar surface area (TPSA) is 107 Å². The number of aliphatic hydroxyl groups excluding tert-OH is 1. The van der Waals surface area contributed by atoms with Crippen molar-refractivity contribution in [1.82, 2.24) is 9.62 Å². The van der Waals surface area contributed by atoms with E-state index in [4.69, 9.17) is 16.7 Å². The van der Waals surface area contributed by atoms with Crippen LogP contribution in [0.25, 0.3) is 11.1 Å². The Bertz CT molecular complexity index is 1520. The van der Waals surface area contributed by atoms with Crippen LogP contribution >= 0.6 is 11.6 Å². The van der Waals surface area contributed by atoms with Crippen molar-refractivity contribution in [2.24, 2.45) is 5.92 Å². The fourth-order valence-corrected chi connectivity index (χ4v) is 7.26. The highest BCUT2D eigenvalue weighted by atomic mass is 35.5. The molecule has 3 aromatic rings. The van der Waals surface area contributed by atoms with Gasteiger partial charge in [-0.15, -0.1) is 0 Å². The van der Waals surface area contributed by atoms with Crippen molar-refractivity contribution in [3.05, 3.63) is 88.2 Å². The molecule has 0 fully saturated rings. The van der Waals surface area contributed by atoms with Gasteiger partial charge in [0, 0.05) is 48.2 Å². The van der Waals surface area contributed by atoms with Crippen LogP contribution < -0.4 is 5.32 Å². The molecule has 0 aliphatic heterocycles. The summed E-state index contributed by atoms with van der Waals surface area (Å²) in [6.45, 7) is 4.29. The molecule has 0 saturated heterocycles. The lowest BCUT2D eigenvalue weighted by Crippen LogP contribution is -2.47. The van der Waals surface area contributed by atoms with Crippen molar-refractivity contribution < 1.29 is 27.8 Å². The molecule has 1 atom stereocenters. The van der Waals surface area contributed by atoms with Crippen LogP contribution in [0.3, 0.4) is 0 Å². The molecule has 3 N–H and O–H groups in total. The van der Waals surface area contributed by atoms with Crippen LogP contribution in [0.2, 0.25) is 5.02 Å². The molecule has 0 bridgehead atoms. The van der Waals surface area contributed by atoms with Gasteiger partial charge in [-0.1, -0.05) is 48.0 Å². The Labute approximate surface area is 252 Å². The summed E-state index contributed by atoms with van der Waals surface area (Å²) in [6, 6.07) is 16.8. The largest absolute Gasteiger partial charge is 0.481 e. The van der Waals surface area contributed by atoms with E-state index in [0.29, 0.717) is 17.0 Å². The molecule has 0 amide bonds. The number of β-amino-alcohol motifs (C(OH)–C–C–N with tert-alkyl or cyclic N) is 1. The maximum atomic E-state index is 14.6. The molecule has 226 valence electrons. The number of aliphatic hydroxyl groups is 1. The molecule has 0 aromatic heterocycles. The van der Waals surface area contributed by atoms with E-state index in [1.54, 1.807) is 0 Å². The minimum absolute atomic E-state index is 0.0387. The highest BCUT2D eigenvalue weighted by molar-refractivity contribution is 7.89. The number of hydrogen-bond donors (Lipinski definition) is 3. The standard InChI is InChI=1S/C32H38ClFN2O5S/c1-32(2,18-22-14-23-6-4-5-7-24(23)15-22)35-19-25(37)20-36(3)42(40,41)26-10-11-27(29(33)17-26)28-16-21(8-12-30(28)34)9-13-31(38)39/h4-8,10-12,16-17,22,25,35,37H,9,13-15,18-20H2,1-3H3,(H,38,39). The van der Waals surface area contributed by atoms with Crippen LogP contribution in [-0.4, -0.2) is 60.7 Å². The van der Waals surface area contributed by atoms with Crippen LogP contribution in [0.5, 0.6) is 0 Å². The number of rotatable bonds is 13. The second kappa shape index (κ2) is 13.2. The quantitative estimate of drug-likeness (QED) is 0.240. The van der Waals surface area contributed by atoms with Gasteiger partial charge in [0.15, 0.2) is 0 Å². The van der Waals surface area contributed by atoms with E-state index in [2.05, 4.69) is 43.4 Å². The lowest BCUT2D eigenvalue weighted by atomic mass is 9.88. The maximum absolute atomic E-state index is 14.6. The number of nitrogens with one attached hydrogen (secondary N) is 1. The summed E-state index contributed by atoms with van der Waals surface area (Å²) in [5, 5.41) is 23.1. The number of carboxylic acids is 1. The molecule has 4 rings (SSSR count). The zero-order valence-electron chi connectivity index (χ0n) is 24.1. The number of hydrogen-bond acceptors (Lipinski definition) is 5. The van der Waals surface area contributed by atoms with E-state index in [-0.39, 0.29) is 47.0 Å². The summed E-state index contributed by atoms with van der Waals surface area (Å²) in [6.07, 6.45) is 2.18. The molecule has 1 aliphatic rings. The summed E-state index contributed by atoms with van der Waals surface area (Å²) in [5.41, 5.74) is 3.63. The van der Waals surface area contributed by atoms with E-state index in [0.717, 1.165) is 23.6 Å². The predicted octanol–water partition coefficient (Wildman–Crippen LogP) is 5.32. The molecule has 1 aliphatic carbocycles. The van der Waals surface area contributed by atoms with Gasteiger partial charge in [0.25, 0.3) is 0 Å². The fourth-order valence-electron chi connectivity index (χ4n) is 5.68. The smallest absolute Gasteiger partial charge is 0.303 e. The fraction of sp³-hybridized carbons (Fsp3) is 0.406. The number of sulfonamides is 1. The Morgan fingerprint density at radius 1 is 1.10 bits per heavy atom. The van der Waals surface area contributed by atoms with Crippen molar-refractivity contribution in [1.29, 1.82) is 0 Å². The van der Waals surface area contributed by atoms with E-state index < -0.39 is 27.9 Å². The summed E-state index contributed by atoms with van der Waals surface area (Å²) < 4.78 is 42.3. The highest BCUT2D eigenvalue weighted by Gasteiger charge is 2.29. The minimum Gasteiger partial charge on any atom is -0.481 e. The van der Waals surface area contributed by atoms with Gasteiger partial charge in [-0.25, -0.2) is 12.8 Å². The molecule has 0 radical (unpaired) electrons. The first-order valence-corrected chi connectivity index (χ1v) is 15.8. The molecule has 0 saturated carbocycles. The average Bonchev–Trinajstić information content (AvgIpc) is 3.33. The third-order valence-corrected chi connectivity index (χ3v) is 9.95. The third-order valence-electron chi connectivity index (χ3n) is 7.82. The molecule has 10 heteroatoms. The molecule has 3 aromatic carbocycles. The van der Waals surface area contributed by atoms with Crippen LogP contribution in [-0.2, 0) is 34.1 Å². The maximum Gasteiger partial charge on any atom is 0.303 e. The first kappa shape index (κ1) is 32.1. The Kier molecular flexibility index (Phi) is 10.1.